The van der Waals surface area contributed by atoms with Crippen molar-refractivity contribution >= 4 is 15.9 Å². The zero-order valence-corrected chi connectivity index (χ0v) is 13.4. The largest absolute Gasteiger partial charge is 0.487 e. The van der Waals surface area contributed by atoms with E-state index in [0.29, 0.717) is 16.8 Å². The average Bonchev–Trinajstić information content (AvgIpc) is 2.50. The summed E-state index contributed by atoms with van der Waals surface area (Å²) in [5, 5.41) is 0. The van der Waals surface area contributed by atoms with Crippen LogP contribution in [0, 0.1) is 5.82 Å². The highest BCUT2D eigenvalue weighted by Gasteiger charge is 2.04. The molecular formula is C16H18BrFN2O. The number of halogens is 2. The van der Waals surface area contributed by atoms with Crippen LogP contribution in [0.25, 0.3) is 0 Å². The third-order valence-electron chi connectivity index (χ3n) is 3.18. The fourth-order valence-corrected chi connectivity index (χ4v) is 2.25. The van der Waals surface area contributed by atoms with Crippen molar-refractivity contribution in [3.63, 3.8) is 0 Å². The van der Waals surface area contributed by atoms with Crippen molar-refractivity contribution in [3.05, 3.63) is 58.1 Å². The van der Waals surface area contributed by atoms with Crippen LogP contribution in [0.15, 0.2) is 41.0 Å². The van der Waals surface area contributed by atoms with Gasteiger partial charge < -0.3 is 10.5 Å². The summed E-state index contributed by atoms with van der Waals surface area (Å²) in [7, 11) is 0. The monoisotopic (exact) mass is 352 g/mol. The summed E-state index contributed by atoms with van der Waals surface area (Å²) in [5.41, 5.74) is 7.75. The lowest BCUT2D eigenvalue weighted by atomic mass is 10.1. The van der Waals surface area contributed by atoms with Crippen molar-refractivity contribution in [3.8, 4) is 5.75 Å². The van der Waals surface area contributed by atoms with Gasteiger partial charge in [0, 0.05) is 18.2 Å². The summed E-state index contributed by atoms with van der Waals surface area (Å²) in [6, 6.07) is 8.76. The predicted molar refractivity (Wildman–Crippen MR) is 84.6 cm³/mol. The second-order valence-electron chi connectivity index (χ2n) is 4.89. The van der Waals surface area contributed by atoms with Gasteiger partial charge in [-0.3, -0.25) is 4.98 Å². The fourth-order valence-electron chi connectivity index (χ4n) is 1.83. The lowest BCUT2D eigenvalue weighted by Gasteiger charge is -2.09. The van der Waals surface area contributed by atoms with E-state index in [1.807, 2.05) is 12.1 Å². The Morgan fingerprint density at radius 1 is 1.33 bits per heavy atom. The van der Waals surface area contributed by atoms with Gasteiger partial charge in [0.2, 0.25) is 0 Å². The number of benzene rings is 1. The highest BCUT2D eigenvalue weighted by Crippen LogP contribution is 2.18. The van der Waals surface area contributed by atoms with Crippen molar-refractivity contribution in [1.29, 1.82) is 0 Å². The predicted octanol–water partition coefficient (Wildman–Crippen LogP) is 3.84. The van der Waals surface area contributed by atoms with Gasteiger partial charge in [0.25, 0.3) is 0 Å². The number of hydrogen-bond acceptors (Lipinski definition) is 3. The first-order valence-electron chi connectivity index (χ1n) is 6.85. The molecule has 0 amide bonds. The molecule has 21 heavy (non-hydrogen) atoms. The van der Waals surface area contributed by atoms with E-state index in [1.54, 1.807) is 18.3 Å². The maximum Gasteiger partial charge on any atom is 0.138 e. The molecule has 0 radical (unpaired) electrons. The SMILES string of the molecule is CCC(N)Cc1ccc(OCc2ccc(F)c(Br)c2)cn1. The summed E-state index contributed by atoms with van der Waals surface area (Å²) < 4.78 is 19.2. The van der Waals surface area contributed by atoms with Crippen LogP contribution in [0.2, 0.25) is 0 Å². The van der Waals surface area contributed by atoms with Gasteiger partial charge in [-0.2, -0.15) is 0 Å². The lowest BCUT2D eigenvalue weighted by Crippen LogP contribution is -2.21. The zero-order valence-electron chi connectivity index (χ0n) is 11.9. The molecule has 0 saturated carbocycles. The summed E-state index contributed by atoms with van der Waals surface area (Å²) in [6.45, 7) is 2.43. The fraction of sp³-hybridized carbons (Fsp3) is 0.312. The van der Waals surface area contributed by atoms with Crippen LogP contribution < -0.4 is 10.5 Å². The molecule has 0 fully saturated rings. The Bertz CT molecular complexity index is 589. The van der Waals surface area contributed by atoms with Crippen molar-refractivity contribution in [2.45, 2.75) is 32.4 Å². The van der Waals surface area contributed by atoms with Gasteiger partial charge in [-0.1, -0.05) is 13.0 Å². The molecule has 1 aromatic heterocycles. The second kappa shape index (κ2) is 7.52. The van der Waals surface area contributed by atoms with Crippen molar-refractivity contribution in [2.24, 2.45) is 5.73 Å². The topological polar surface area (TPSA) is 48.1 Å². The third kappa shape index (κ3) is 4.79. The molecule has 5 heteroatoms. The molecule has 1 unspecified atom stereocenters. The molecule has 0 aliphatic carbocycles. The molecule has 0 saturated heterocycles. The van der Waals surface area contributed by atoms with E-state index >= 15 is 0 Å². The van der Waals surface area contributed by atoms with Gasteiger partial charge >= 0.3 is 0 Å². The van der Waals surface area contributed by atoms with Gasteiger partial charge in [-0.25, -0.2) is 4.39 Å². The van der Waals surface area contributed by atoms with Crippen molar-refractivity contribution in [1.82, 2.24) is 4.98 Å². The number of nitrogens with zero attached hydrogens (tertiary/aromatic N) is 1. The average molecular weight is 353 g/mol. The zero-order chi connectivity index (χ0) is 15.2. The summed E-state index contributed by atoms with van der Waals surface area (Å²) >= 11 is 3.16. The Balaban J connectivity index is 1.92. The molecule has 0 aliphatic rings. The highest BCUT2D eigenvalue weighted by molar-refractivity contribution is 9.10. The number of nitrogens with two attached hydrogens (primary N) is 1. The van der Waals surface area contributed by atoms with Gasteiger partial charge in [0.05, 0.1) is 10.7 Å². The first-order chi connectivity index (χ1) is 10.1. The summed E-state index contributed by atoms with van der Waals surface area (Å²) in [5.74, 6) is 0.404. The number of ether oxygens (including phenoxy) is 1. The number of pyridine rings is 1. The normalized spacial score (nSPS) is 12.2. The Labute approximate surface area is 132 Å². The number of aromatic nitrogens is 1. The van der Waals surface area contributed by atoms with E-state index in [1.165, 1.54) is 6.07 Å². The van der Waals surface area contributed by atoms with E-state index in [-0.39, 0.29) is 11.9 Å². The molecule has 0 aliphatic heterocycles. The quantitative estimate of drug-likeness (QED) is 0.858. The summed E-state index contributed by atoms with van der Waals surface area (Å²) in [4.78, 5) is 4.34. The molecular weight excluding hydrogens is 335 g/mol. The van der Waals surface area contributed by atoms with E-state index in [9.17, 15) is 4.39 Å². The Hall–Kier alpha value is -1.46. The number of hydrogen-bond donors (Lipinski definition) is 1. The Kier molecular flexibility index (Phi) is 5.70. The van der Waals surface area contributed by atoms with Crippen LogP contribution in [0.5, 0.6) is 5.75 Å². The molecule has 1 aromatic carbocycles. The Morgan fingerprint density at radius 3 is 2.76 bits per heavy atom. The molecule has 1 atom stereocenters. The first-order valence-corrected chi connectivity index (χ1v) is 7.65. The maximum absolute atomic E-state index is 13.1. The van der Waals surface area contributed by atoms with Gasteiger partial charge in [-0.15, -0.1) is 0 Å². The molecule has 0 spiro atoms. The van der Waals surface area contributed by atoms with Gasteiger partial charge in [0.1, 0.15) is 18.2 Å². The van der Waals surface area contributed by atoms with Crippen LogP contribution in [-0.2, 0) is 13.0 Å². The van der Waals surface area contributed by atoms with Crippen molar-refractivity contribution < 1.29 is 9.13 Å². The molecule has 0 bridgehead atoms. The van der Waals surface area contributed by atoms with Crippen LogP contribution in [-0.4, -0.2) is 11.0 Å². The van der Waals surface area contributed by atoms with Crippen LogP contribution in [0.1, 0.15) is 24.6 Å². The minimum absolute atomic E-state index is 0.140. The van der Waals surface area contributed by atoms with Crippen molar-refractivity contribution in [2.75, 3.05) is 0 Å². The second-order valence-corrected chi connectivity index (χ2v) is 5.75. The minimum Gasteiger partial charge on any atom is -0.487 e. The maximum atomic E-state index is 13.1. The summed E-state index contributed by atoms with van der Waals surface area (Å²) in [6.07, 6.45) is 3.39. The van der Waals surface area contributed by atoms with E-state index in [2.05, 4.69) is 27.8 Å². The molecule has 112 valence electrons. The molecule has 3 nitrogen and oxygen atoms in total. The first kappa shape index (κ1) is 15.9. The van der Waals surface area contributed by atoms with E-state index < -0.39 is 0 Å². The van der Waals surface area contributed by atoms with Gasteiger partial charge in [-0.05, 0) is 52.2 Å². The molecule has 2 rings (SSSR count). The highest BCUT2D eigenvalue weighted by atomic mass is 79.9. The standard InChI is InChI=1S/C16H18BrFN2O/c1-2-12(19)8-13-4-5-14(9-20-13)21-10-11-3-6-16(18)15(17)7-11/h3-7,9,12H,2,8,10,19H2,1H3. The van der Waals surface area contributed by atoms with E-state index in [4.69, 9.17) is 10.5 Å². The minimum atomic E-state index is -0.281. The van der Waals surface area contributed by atoms with E-state index in [0.717, 1.165) is 24.1 Å². The molecule has 1 heterocycles. The Morgan fingerprint density at radius 2 is 2.14 bits per heavy atom. The molecule has 2 aromatic rings. The number of rotatable bonds is 6. The van der Waals surface area contributed by atoms with Crippen LogP contribution in [0.3, 0.4) is 0 Å². The van der Waals surface area contributed by atoms with Gasteiger partial charge in [0.15, 0.2) is 0 Å². The smallest absolute Gasteiger partial charge is 0.138 e. The lowest BCUT2D eigenvalue weighted by molar-refractivity contribution is 0.304. The van der Waals surface area contributed by atoms with Crippen LogP contribution in [0.4, 0.5) is 4.39 Å². The molecule has 2 N–H and O–H groups in total. The van der Waals surface area contributed by atoms with Crippen LogP contribution >= 0.6 is 15.9 Å². The third-order valence-corrected chi connectivity index (χ3v) is 3.79.